The molecule has 43 heavy (non-hydrogen) atoms. The van der Waals surface area contributed by atoms with Gasteiger partial charge in [0.1, 0.15) is 17.5 Å². The van der Waals surface area contributed by atoms with E-state index < -0.39 is 24.6 Å². The molecule has 0 amide bonds. The average Bonchev–Trinajstić information content (AvgIpc) is 3.29. The number of carbonyl (C=O) groups excluding carboxylic acids is 1. The first-order valence-corrected chi connectivity index (χ1v) is 15.2. The molecule has 11 nitrogen and oxygen atoms in total. The van der Waals surface area contributed by atoms with Crippen molar-refractivity contribution in [2.24, 2.45) is 4.99 Å². The van der Waals surface area contributed by atoms with Crippen LogP contribution in [0.2, 0.25) is 0 Å². The second-order valence-corrected chi connectivity index (χ2v) is 11.4. The third kappa shape index (κ3) is 6.72. The van der Waals surface area contributed by atoms with Gasteiger partial charge in [0.05, 0.1) is 47.3 Å². The minimum atomic E-state index is -1.12. The van der Waals surface area contributed by atoms with Crippen LogP contribution < -0.4 is 33.8 Å². The van der Waals surface area contributed by atoms with Crippen LogP contribution in [0.1, 0.15) is 43.9 Å². The summed E-state index contributed by atoms with van der Waals surface area (Å²) >= 11 is 3.22. The number of nitrogens with zero attached hydrogens (tertiary/aromatic N) is 2. The van der Waals surface area contributed by atoms with Crippen molar-refractivity contribution in [1.82, 2.24) is 4.57 Å². The van der Waals surface area contributed by atoms with Crippen LogP contribution in [0.15, 0.2) is 51.4 Å². The van der Waals surface area contributed by atoms with Crippen LogP contribution in [0.25, 0.3) is 6.08 Å². The van der Waals surface area contributed by atoms with Crippen molar-refractivity contribution in [2.75, 3.05) is 34.5 Å². The van der Waals surface area contributed by atoms with Gasteiger partial charge in [-0.2, -0.15) is 0 Å². The monoisotopic (exact) mass is 722 g/mol. The highest BCUT2D eigenvalue weighted by molar-refractivity contribution is 14.1. The molecule has 1 atom stereocenters. The molecule has 1 aromatic heterocycles. The highest BCUT2D eigenvalue weighted by Crippen LogP contribution is 2.39. The van der Waals surface area contributed by atoms with E-state index in [1.807, 2.05) is 29.5 Å². The molecule has 2 aromatic carbocycles. The molecule has 0 fully saturated rings. The molecule has 1 N–H and O–H groups in total. The van der Waals surface area contributed by atoms with Gasteiger partial charge >= 0.3 is 11.9 Å². The Morgan fingerprint density at radius 2 is 1.84 bits per heavy atom. The Morgan fingerprint density at radius 1 is 1.09 bits per heavy atom. The van der Waals surface area contributed by atoms with Crippen molar-refractivity contribution in [2.45, 2.75) is 32.7 Å². The van der Waals surface area contributed by atoms with Crippen molar-refractivity contribution in [3.05, 3.63) is 76.0 Å². The van der Waals surface area contributed by atoms with Crippen LogP contribution in [-0.2, 0) is 14.3 Å². The third-order valence-electron chi connectivity index (χ3n) is 6.51. The highest BCUT2D eigenvalue weighted by atomic mass is 127. The number of aliphatic carboxylic acids is 1. The normalized spacial score (nSPS) is 14.6. The molecule has 0 radical (unpaired) electrons. The van der Waals surface area contributed by atoms with Gasteiger partial charge in [0.25, 0.3) is 5.56 Å². The lowest BCUT2D eigenvalue weighted by atomic mass is 9.93. The smallest absolute Gasteiger partial charge is 0.341 e. The van der Waals surface area contributed by atoms with Gasteiger partial charge in [0.2, 0.25) is 0 Å². The molecule has 13 heteroatoms. The van der Waals surface area contributed by atoms with Crippen molar-refractivity contribution < 1.29 is 38.4 Å². The summed E-state index contributed by atoms with van der Waals surface area (Å²) in [6.45, 7) is 3.34. The molecular formula is C30H31IN2O9S. The zero-order valence-corrected chi connectivity index (χ0v) is 27.2. The van der Waals surface area contributed by atoms with Crippen molar-refractivity contribution in [1.29, 1.82) is 0 Å². The molecule has 0 unspecified atom stereocenters. The highest BCUT2D eigenvalue weighted by Gasteiger charge is 2.36. The number of carboxylic acid groups (broad SMARTS) is 1. The molecule has 1 aliphatic heterocycles. The predicted octanol–water partition coefficient (Wildman–Crippen LogP) is 3.67. The molecule has 3 aromatic rings. The van der Waals surface area contributed by atoms with Crippen LogP contribution >= 0.6 is 33.9 Å². The summed E-state index contributed by atoms with van der Waals surface area (Å²) in [4.78, 5) is 43.9. The predicted molar refractivity (Wildman–Crippen MR) is 168 cm³/mol. The van der Waals surface area contributed by atoms with E-state index in [2.05, 4.69) is 0 Å². The fraction of sp³-hybridized carbons (Fsp3) is 0.333. The Labute approximate surface area is 265 Å². The van der Waals surface area contributed by atoms with E-state index in [4.69, 9.17) is 33.8 Å². The molecule has 2 heterocycles. The number of fused-ring (bicyclic) bond motifs is 1. The Morgan fingerprint density at radius 3 is 2.47 bits per heavy atom. The summed E-state index contributed by atoms with van der Waals surface area (Å²) in [6.07, 6.45) is 2.91. The third-order valence-corrected chi connectivity index (χ3v) is 8.30. The summed E-state index contributed by atoms with van der Waals surface area (Å²) in [5.74, 6) is -0.0679. The number of rotatable bonds is 12. The number of hydrogen-bond acceptors (Lipinski definition) is 10. The number of thiazole rings is 1. The summed E-state index contributed by atoms with van der Waals surface area (Å²) in [7, 11) is 4.51. The van der Waals surface area contributed by atoms with Crippen molar-refractivity contribution in [3.63, 3.8) is 0 Å². The van der Waals surface area contributed by atoms with E-state index >= 15 is 0 Å². The molecule has 1 aliphatic rings. The fourth-order valence-corrected chi connectivity index (χ4v) is 6.52. The van der Waals surface area contributed by atoms with E-state index in [1.54, 1.807) is 43.3 Å². The minimum absolute atomic E-state index is 0.154. The number of aromatic nitrogens is 1. The van der Waals surface area contributed by atoms with Gasteiger partial charge < -0.3 is 28.8 Å². The lowest BCUT2D eigenvalue weighted by Crippen LogP contribution is -2.40. The van der Waals surface area contributed by atoms with Gasteiger partial charge in [0.15, 0.2) is 22.9 Å². The van der Waals surface area contributed by atoms with E-state index in [9.17, 15) is 14.4 Å². The maximum Gasteiger partial charge on any atom is 0.341 e. The number of carboxylic acids is 1. The first kappa shape index (κ1) is 32.1. The van der Waals surface area contributed by atoms with Gasteiger partial charge in [-0.3, -0.25) is 9.36 Å². The zero-order chi connectivity index (χ0) is 31.3. The first-order valence-electron chi connectivity index (χ1n) is 13.3. The summed E-state index contributed by atoms with van der Waals surface area (Å²) in [5.41, 5.74) is 1.63. The van der Waals surface area contributed by atoms with E-state index in [0.717, 1.165) is 0 Å². The Bertz CT molecular complexity index is 1760. The van der Waals surface area contributed by atoms with Gasteiger partial charge in [-0.1, -0.05) is 24.7 Å². The van der Waals surface area contributed by atoms with Gasteiger partial charge in [-0.25, -0.2) is 14.6 Å². The molecule has 0 bridgehead atoms. The number of benzene rings is 2. The molecular weight excluding hydrogens is 691 g/mol. The molecule has 228 valence electrons. The van der Waals surface area contributed by atoms with E-state index in [-0.39, 0.29) is 23.5 Å². The van der Waals surface area contributed by atoms with Gasteiger partial charge in [-0.15, -0.1) is 0 Å². The standard InChI is InChI=1S/C30H31IN2O9S/c1-6-8-20-25(29(37)41-7-2)26(18-14-17(38-3)9-10-21(18)39-4)33-28(36)23(43-30(33)32-20)13-16-11-19(31)27(22(12-16)40-5)42-15-24(34)35/h9-14,26H,6-8,15H2,1-5H3,(H,34,35)/b23-13-/t26-/m0/s1. The summed E-state index contributed by atoms with van der Waals surface area (Å²) < 4.78 is 30.0. The number of allylic oxidation sites excluding steroid dienone is 1. The first-order chi connectivity index (χ1) is 20.7. The van der Waals surface area contributed by atoms with Crippen molar-refractivity contribution >= 4 is 51.9 Å². The van der Waals surface area contributed by atoms with E-state index in [1.165, 1.54) is 37.2 Å². The number of halogens is 1. The number of ether oxygens (including phenoxy) is 5. The molecule has 4 rings (SSSR count). The number of esters is 1. The largest absolute Gasteiger partial charge is 0.497 e. The molecule has 0 aliphatic carbocycles. The zero-order valence-electron chi connectivity index (χ0n) is 24.3. The van der Waals surface area contributed by atoms with Crippen LogP contribution in [0.4, 0.5) is 0 Å². The quantitative estimate of drug-likeness (QED) is 0.220. The Balaban J connectivity index is 1.99. The van der Waals surface area contributed by atoms with Crippen LogP contribution in [0.5, 0.6) is 23.0 Å². The number of methoxy groups -OCH3 is 3. The van der Waals surface area contributed by atoms with Crippen LogP contribution in [0, 0.1) is 3.57 Å². The van der Waals surface area contributed by atoms with Gasteiger partial charge in [0, 0.05) is 5.56 Å². The topological polar surface area (TPSA) is 135 Å². The summed E-state index contributed by atoms with van der Waals surface area (Å²) in [6, 6.07) is 7.75. The Kier molecular flexibility index (Phi) is 10.5. The maximum absolute atomic E-state index is 14.1. The number of carbonyl (C=O) groups is 2. The minimum Gasteiger partial charge on any atom is -0.497 e. The SMILES string of the molecule is CCCC1=C(C(=O)OCC)[C@H](c2cc(OC)ccc2OC)n2c(s/c(=C\c3cc(I)c(OCC(=O)O)c(OC)c3)c2=O)=N1. The second kappa shape index (κ2) is 14.1. The lowest BCUT2D eigenvalue weighted by Gasteiger charge is -2.27. The van der Waals surface area contributed by atoms with E-state index in [0.29, 0.717) is 59.8 Å². The maximum atomic E-state index is 14.1. The summed E-state index contributed by atoms with van der Waals surface area (Å²) in [5, 5.41) is 9.02. The second-order valence-electron chi connectivity index (χ2n) is 9.24. The lowest BCUT2D eigenvalue weighted by molar-refractivity contribution is -0.140. The molecule has 0 saturated carbocycles. The molecule has 0 spiro atoms. The van der Waals surface area contributed by atoms with Crippen LogP contribution in [0.3, 0.4) is 0 Å². The van der Waals surface area contributed by atoms with Gasteiger partial charge in [-0.05, 0) is 77.9 Å². The Hall–Kier alpha value is -3.85. The number of hydrogen-bond donors (Lipinski definition) is 1. The van der Waals surface area contributed by atoms with Crippen molar-refractivity contribution in [3.8, 4) is 23.0 Å². The van der Waals surface area contributed by atoms with Crippen LogP contribution in [-0.4, -0.2) is 56.2 Å². The fourth-order valence-electron chi connectivity index (χ4n) is 4.72. The average molecular weight is 723 g/mol. The molecule has 0 saturated heterocycles.